The average molecular weight is 281 g/mol. The molecule has 0 spiro atoms. The van der Waals surface area contributed by atoms with Crippen molar-refractivity contribution in [1.29, 1.82) is 0 Å². The molecule has 0 saturated carbocycles. The predicted molar refractivity (Wildman–Crippen MR) is 82.7 cm³/mol. The summed E-state index contributed by atoms with van der Waals surface area (Å²) in [6.45, 7) is 8.20. The molecule has 0 radical (unpaired) electrons. The van der Waals surface area contributed by atoms with Crippen LogP contribution in [0.4, 0.5) is 0 Å². The fourth-order valence-corrected chi connectivity index (χ4v) is 3.56. The molecule has 3 atom stereocenters. The summed E-state index contributed by atoms with van der Waals surface area (Å²) in [5, 5.41) is 6.73. The second-order valence-electron chi connectivity index (χ2n) is 6.62. The van der Waals surface area contributed by atoms with E-state index in [0.29, 0.717) is 18.6 Å². The normalized spacial score (nSPS) is 28.1. The van der Waals surface area contributed by atoms with Crippen molar-refractivity contribution in [1.82, 2.24) is 15.5 Å². The average Bonchev–Trinajstić information content (AvgIpc) is 2.80. The Bertz CT molecular complexity index is 294. The predicted octanol–water partition coefficient (Wildman–Crippen LogP) is 1.76. The van der Waals surface area contributed by atoms with Crippen LogP contribution in [0.2, 0.25) is 0 Å². The van der Waals surface area contributed by atoms with Gasteiger partial charge in [0, 0.05) is 25.2 Å². The first-order valence-electron chi connectivity index (χ1n) is 8.44. The number of amides is 1. The number of nitrogens with one attached hydrogen (secondary N) is 2. The monoisotopic (exact) mass is 281 g/mol. The lowest BCUT2D eigenvalue weighted by Crippen LogP contribution is -2.42. The van der Waals surface area contributed by atoms with Crippen LogP contribution in [0.3, 0.4) is 0 Å². The molecule has 4 heteroatoms. The number of rotatable bonds is 7. The summed E-state index contributed by atoms with van der Waals surface area (Å²) in [4.78, 5) is 14.4. The molecule has 0 aromatic carbocycles. The smallest absolute Gasteiger partial charge is 0.234 e. The van der Waals surface area contributed by atoms with Crippen molar-refractivity contribution in [2.24, 2.45) is 5.92 Å². The Morgan fingerprint density at radius 1 is 1.40 bits per heavy atom. The third-order valence-corrected chi connectivity index (χ3v) is 4.69. The Kier molecular flexibility index (Phi) is 6.30. The van der Waals surface area contributed by atoms with Crippen LogP contribution in [-0.4, -0.2) is 49.1 Å². The lowest BCUT2D eigenvalue weighted by Gasteiger charge is -2.24. The van der Waals surface area contributed by atoms with E-state index in [1.165, 1.54) is 32.1 Å². The highest BCUT2D eigenvalue weighted by atomic mass is 16.2. The molecule has 0 aromatic heterocycles. The molecule has 2 heterocycles. The van der Waals surface area contributed by atoms with E-state index in [1.807, 2.05) is 0 Å². The van der Waals surface area contributed by atoms with E-state index < -0.39 is 0 Å². The second-order valence-corrected chi connectivity index (χ2v) is 6.62. The first-order chi connectivity index (χ1) is 9.69. The largest absolute Gasteiger partial charge is 0.353 e. The first-order valence-corrected chi connectivity index (χ1v) is 8.44. The van der Waals surface area contributed by atoms with E-state index in [9.17, 15) is 4.79 Å². The number of hydrogen-bond acceptors (Lipinski definition) is 3. The fourth-order valence-electron chi connectivity index (χ4n) is 3.56. The molecule has 116 valence electrons. The van der Waals surface area contributed by atoms with Crippen molar-refractivity contribution in [2.45, 2.75) is 64.5 Å². The van der Waals surface area contributed by atoms with E-state index >= 15 is 0 Å². The van der Waals surface area contributed by atoms with E-state index in [1.54, 1.807) is 0 Å². The molecular formula is C16H31N3O. The van der Waals surface area contributed by atoms with Crippen LogP contribution in [-0.2, 0) is 4.79 Å². The van der Waals surface area contributed by atoms with Gasteiger partial charge >= 0.3 is 0 Å². The Hall–Kier alpha value is -0.610. The summed E-state index contributed by atoms with van der Waals surface area (Å²) >= 11 is 0. The number of carbonyl (C=O) groups excluding carboxylic acids is 1. The number of likely N-dealkylation sites (tertiary alicyclic amines) is 1. The molecule has 0 bridgehead atoms. The third-order valence-electron chi connectivity index (χ3n) is 4.69. The standard InChI is InChI=1S/C16H31N3O/c1-3-4-5-7-13(2)18-16(20)12-19-10-14-8-6-9-17-15(14)11-19/h13-15,17H,3-12H2,1-2H3,(H,18,20). The van der Waals surface area contributed by atoms with Gasteiger partial charge in [-0.3, -0.25) is 9.69 Å². The Morgan fingerprint density at radius 2 is 2.25 bits per heavy atom. The van der Waals surface area contributed by atoms with Gasteiger partial charge in [0.25, 0.3) is 0 Å². The summed E-state index contributed by atoms with van der Waals surface area (Å²) in [6.07, 6.45) is 7.44. The van der Waals surface area contributed by atoms with Gasteiger partial charge < -0.3 is 10.6 Å². The lowest BCUT2D eigenvalue weighted by atomic mass is 9.94. The molecular weight excluding hydrogens is 250 g/mol. The number of carbonyl (C=O) groups is 1. The molecule has 1 amide bonds. The van der Waals surface area contributed by atoms with Gasteiger partial charge in [0.2, 0.25) is 5.91 Å². The minimum Gasteiger partial charge on any atom is -0.353 e. The Labute approximate surface area is 123 Å². The second kappa shape index (κ2) is 7.99. The van der Waals surface area contributed by atoms with Gasteiger partial charge in [0.1, 0.15) is 0 Å². The number of nitrogens with zero attached hydrogens (tertiary/aromatic N) is 1. The molecule has 4 nitrogen and oxygen atoms in total. The molecule has 2 rings (SSSR count). The topological polar surface area (TPSA) is 44.4 Å². The van der Waals surface area contributed by atoms with Gasteiger partial charge in [-0.25, -0.2) is 0 Å². The minimum absolute atomic E-state index is 0.202. The molecule has 0 aliphatic carbocycles. The zero-order valence-electron chi connectivity index (χ0n) is 13.2. The van der Waals surface area contributed by atoms with Crippen molar-refractivity contribution in [2.75, 3.05) is 26.2 Å². The highest BCUT2D eigenvalue weighted by molar-refractivity contribution is 5.78. The van der Waals surface area contributed by atoms with Crippen LogP contribution < -0.4 is 10.6 Å². The van der Waals surface area contributed by atoms with Gasteiger partial charge in [-0.05, 0) is 38.6 Å². The van der Waals surface area contributed by atoms with E-state index in [-0.39, 0.29) is 5.91 Å². The fraction of sp³-hybridized carbons (Fsp3) is 0.938. The third kappa shape index (κ3) is 4.74. The zero-order chi connectivity index (χ0) is 14.4. The Morgan fingerprint density at radius 3 is 3.00 bits per heavy atom. The molecule has 3 unspecified atom stereocenters. The van der Waals surface area contributed by atoms with Crippen molar-refractivity contribution in [3.05, 3.63) is 0 Å². The first kappa shape index (κ1) is 15.8. The Balaban J connectivity index is 1.64. The molecule has 2 fully saturated rings. The van der Waals surface area contributed by atoms with E-state index in [2.05, 4.69) is 29.4 Å². The maximum absolute atomic E-state index is 12.1. The lowest BCUT2D eigenvalue weighted by molar-refractivity contribution is -0.122. The number of piperidine rings is 1. The van der Waals surface area contributed by atoms with Crippen molar-refractivity contribution < 1.29 is 4.79 Å². The summed E-state index contributed by atoms with van der Waals surface area (Å²) in [5.41, 5.74) is 0. The van der Waals surface area contributed by atoms with Crippen LogP contribution in [0, 0.1) is 5.92 Å². The minimum atomic E-state index is 0.202. The maximum atomic E-state index is 12.1. The molecule has 2 N–H and O–H groups in total. The van der Waals surface area contributed by atoms with Gasteiger partial charge in [0.05, 0.1) is 6.54 Å². The number of unbranched alkanes of at least 4 members (excludes halogenated alkanes) is 2. The van der Waals surface area contributed by atoms with E-state index in [0.717, 1.165) is 32.0 Å². The van der Waals surface area contributed by atoms with Crippen LogP contribution >= 0.6 is 0 Å². The quantitative estimate of drug-likeness (QED) is 0.699. The van der Waals surface area contributed by atoms with E-state index in [4.69, 9.17) is 0 Å². The van der Waals surface area contributed by atoms with Gasteiger partial charge in [-0.2, -0.15) is 0 Å². The highest BCUT2D eigenvalue weighted by Gasteiger charge is 2.34. The maximum Gasteiger partial charge on any atom is 0.234 e. The summed E-state index contributed by atoms with van der Waals surface area (Å²) in [6, 6.07) is 0.940. The van der Waals surface area contributed by atoms with Crippen molar-refractivity contribution >= 4 is 5.91 Å². The summed E-state index contributed by atoms with van der Waals surface area (Å²) in [5.74, 6) is 0.964. The van der Waals surface area contributed by atoms with Gasteiger partial charge in [-0.1, -0.05) is 26.2 Å². The highest BCUT2D eigenvalue weighted by Crippen LogP contribution is 2.24. The van der Waals surface area contributed by atoms with Crippen LogP contribution in [0.25, 0.3) is 0 Å². The zero-order valence-corrected chi connectivity index (χ0v) is 13.2. The molecule has 0 aromatic rings. The van der Waals surface area contributed by atoms with Crippen molar-refractivity contribution in [3.8, 4) is 0 Å². The van der Waals surface area contributed by atoms with Gasteiger partial charge in [0.15, 0.2) is 0 Å². The molecule has 2 aliphatic heterocycles. The van der Waals surface area contributed by atoms with Gasteiger partial charge in [-0.15, -0.1) is 0 Å². The van der Waals surface area contributed by atoms with Crippen LogP contribution in [0.15, 0.2) is 0 Å². The summed E-state index contributed by atoms with van der Waals surface area (Å²) < 4.78 is 0. The van der Waals surface area contributed by atoms with Crippen LogP contribution in [0.5, 0.6) is 0 Å². The SMILES string of the molecule is CCCCCC(C)NC(=O)CN1CC2CCCNC2C1. The van der Waals surface area contributed by atoms with Crippen LogP contribution in [0.1, 0.15) is 52.4 Å². The summed E-state index contributed by atoms with van der Waals surface area (Å²) in [7, 11) is 0. The molecule has 2 aliphatic rings. The molecule has 20 heavy (non-hydrogen) atoms. The number of hydrogen-bond donors (Lipinski definition) is 2. The van der Waals surface area contributed by atoms with Crippen molar-refractivity contribution in [3.63, 3.8) is 0 Å². The molecule has 2 saturated heterocycles. The number of fused-ring (bicyclic) bond motifs is 1.